The molecule has 0 unspecified atom stereocenters. The zero-order valence-electron chi connectivity index (χ0n) is 14.3. The first-order valence-electron chi connectivity index (χ1n) is 8.84. The zero-order chi connectivity index (χ0) is 17.5. The minimum absolute atomic E-state index is 0.129. The maximum absolute atomic E-state index is 13.2. The maximum Gasteiger partial charge on any atom is 0.231 e. The van der Waals surface area contributed by atoms with E-state index in [0.717, 1.165) is 39.0 Å². The molecule has 26 heavy (non-hydrogen) atoms. The van der Waals surface area contributed by atoms with Crippen LogP contribution in [0.15, 0.2) is 78.9 Å². The minimum Gasteiger partial charge on any atom is -0.354 e. The van der Waals surface area contributed by atoms with Gasteiger partial charge >= 0.3 is 0 Å². The van der Waals surface area contributed by atoms with Crippen LogP contribution in [-0.2, 0) is 17.8 Å². The van der Waals surface area contributed by atoms with Crippen LogP contribution in [0.1, 0.15) is 11.1 Å². The second-order valence-corrected chi connectivity index (χ2v) is 6.68. The lowest BCUT2D eigenvalue weighted by Gasteiger charge is -2.23. The van der Waals surface area contributed by atoms with Crippen LogP contribution in [0, 0.1) is 0 Å². The summed E-state index contributed by atoms with van der Waals surface area (Å²) in [7, 11) is 0. The maximum atomic E-state index is 13.2. The molecule has 4 aromatic rings. The summed E-state index contributed by atoms with van der Waals surface area (Å²) in [5, 5.41) is 1.13. The van der Waals surface area contributed by atoms with Gasteiger partial charge in [-0.2, -0.15) is 0 Å². The van der Waals surface area contributed by atoms with Gasteiger partial charge < -0.3 is 9.88 Å². The molecular formula is C23H18N2O. The highest BCUT2D eigenvalue weighted by molar-refractivity contribution is 6.06. The summed E-state index contributed by atoms with van der Waals surface area (Å²) in [5.74, 6) is 0.129. The van der Waals surface area contributed by atoms with Crippen LogP contribution in [0.3, 0.4) is 0 Å². The van der Waals surface area contributed by atoms with Crippen molar-refractivity contribution in [3.05, 3.63) is 90.0 Å². The summed E-state index contributed by atoms with van der Waals surface area (Å²) >= 11 is 0. The van der Waals surface area contributed by atoms with Gasteiger partial charge in [-0.1, -0.05) is 66.7 Å². The fourth-order valence-corrected chi connectivity index (χ4v) is 3.85. The number of benzene rings is 3. The molecule has 0 bridgehead atoms. The normalized spacial score (nSPS) is 13.4. The molecule has 0 fully saturated rings. The predicted molar refractivity (Wildman–Crippen MR) is 105 cm³/mol. The van der Waals surface area contributed by atoms with Gasteiger partial charge in [0.1, 0.15) is 0 Å². The van der Waals surface area contributed by atoms with Gasteiger partial charge in [-0.05, 0) is 23.3 Å². The first-order chi connectivity index (χ1) is 12.8. The van der Waals surface area contributed by atoms with Gasteiger partial charge in [-0.15, -0.1) is 0 Å². The van der Waals surface area contributed by atoms with Gasteiger partial charge in [0.25, 0.3) is 0 Å². The average Bonchev–Trinajstić information content (AvgIpc) is 3.00. The van der Waals surface area contributed by atoms with Crippen LogP contribution in [0.4, 0.5) is 5.69 Å². The van der Waals surface area contributed by atoms with Gasteiger partial charge in [0.15, 0.2) is 0 Å². The summed E-state index contributed by atoms with van der Waals surface area (Å²) in [5.41, 5.74) is 6.41. The number of hydrogen-bond acceptors (Lipinski definition) is 1. The number of nitrogens with zero attached hydrogens (tertiary/aromatic N) is 1. The Balaban J connectivity index is 1.70. The molecule has 2 heterocycles. The molecule has 5 rings (SSSR count). The largest absolute Gasteiger partial charge is 0.354 e. The SMILES string of the molecule is O=C1Cc2c([nH]c3ccccc23)-c2ccccc2N1Cc1ccccc1. The van der Waals surface area contributed by atoms with Crippen LogP contribution in [0.5, 0.6) is 0 Å². The number of carbonyl (C=O) groups excluding carboxylic acids is 1. The van der Waals surface area contributed by atoms with Crippen molar-refractivity contribution in [1.29, 1.82) is 0 Å². The topological polar surface area (TPSA) is 36.1 Å². The highest BCUT2D eigenvalue weighted by atomic mass is 16.2. The first-order valence-corrected chi connectivity index (χ1v) is 8.84. The number of H-pyrrole nitrogens is 1. The lowest BCUT2D eigenvalue weighted by atomic mass is 10.0. The molecule has 3 heteroatoms. The van der Waals surface area contributed by atoms with Crippen molar-refractivity contribution in [3.63, 3.8) is 0 Å². The molecule has 126 valence electrons. The Morgan fingerprint density at radius 1 is 0.846 bits per heavy atom. The van der Waals surface area contributed by atoms with Gasteiger partial charge in [-0.25, -0.2) is 0 Å². The Labute approximate surface area is 151 Å². The number of anilines is 1. The Bertz CT molecular complexity index is 1110. The number of carbonyl (C=O) groups is 1. The third kappa shape index (κ3) is 2.32. The van der Waals surface area contributed by atoms with Gasteiger partial charge in [-0.3, -0.25) is 4.79 Å². The highest BCUT2D eigenvalue weighted by Crippen LogP contribution is 2.39. The third-order valence-electron chi connectivity index (χ3n) is 5.09. The molecule has 3 nitrogen and oxygen atoms in total. The Morgan fingerprint density at radius 2 is 1.58 bits per heavy atom. The summed E-state index contributed by atoms with van der Waals surface area (Å²) in [6, 6.07) is 26.5. The molecule has 0 saturated carbocycles. The first kappa shape index (κ1) is 15.0. The Hall–Kier alpha value is -3.33. The van der Waals surface area contributed by atoms with Crippen LogP contribution < -0.4 is 4.90 Å². The molecular weight excluding hydrogens is 320 g/mol. The summed E-state index contributed by atoms with van der Waals surface area (Å²) in [6.07, 6.45) is 0.404. The number of aromatic amines is 1. The van der Waals surface area contributed by atoms with Crippen molar-refractivity contribution in [2.45, 2.75) is 13.0 Å². The zero-order valence-corrected chi connectivity index (χ0v) is 14.3. The van der Waals surface area contributed by atoms with E-state index in [1.165, 1.54) is 0 Å². The van der Waals surface area contributed by atoms with Crippen molar-refractivity contribution >= 4 is 22.5 Å². The molecule has 0 spiro atoms. The van der Waals surface area contributed by atoms with Crippen molar-refractivity contribution in [1.82, 2.24) is 4.98 Å². The van der Waals surface area contributed by atoms with E-state index in [0.29, 0.717) is 13.0 Å². The molecule has 0 atom stereocenters. The van der Waals surface area contributed by atoms with E-state index in [9.17, 15) is 4.79 Å². The van der Waals surface area contributed by atoms with Crippen LogP contribution in [-0.4, -0.2) is 10.9 Å². The molecule has 0 saturated heterocycles. The number of para-hydroxylation sites is 2. The van der Waals surface area contributed by atoms with Crippen molar-refractivity contribution in [2.75, 3.05) is 4.90 Å². The second kappa shape index (κ2) is 5.88. The lowest BCUT2D eigenvalue weighted by Crippen LogP contribution is -2.31. The number of amides is 1. The molecule has 1 aliphatic rings. The minimum atomic E-state index is 0.129. The van der Waals surface area contributed by atoms with Crippen LogP contribution >= 0.6 is 0 Å². The number of fused-ring (bicyclic) bond motifs is 5. The van der Waals surface area contributed by atoms with E-state index >= 15 is 0 Å². The van der Waals surface area contributed by atoms with Gasteiger partial charge in [0.2, 0.25) is 5.91 Å². The summed E-state index contributed by atoms with van der Waals surface area (Å²) in [6.45, 7) is 0.582. The summed E-state index contributed by atoms with van der Waals surface area (Å²) < 4.78 is 0. The monoisotopic (exact) mass is 338 g/mol. The van der Waals surface area contributed by atoms with Gasteiger partial charge in [0.05, 0.1) is 24.3 Å². The average molecular weight is 338 g/mol. The predicted octanol–water partition coefficient (Wildman–Crippen LogP) is 4.92. The molecule has 3 aromatic carbocycles. The molecule has 0 aliphatic carbocycles. The molecule has 0 radical (unpaired) electrons. The quantitative estimate of drug-likeness (QED) is 0.553. The second-order valence-electron chi connectivity index (χ2n) is 6.68. The molecule has 1 aromatic heterocycles. The summed E-state index contributed by atoms with van der Waals surface area (Å²) in [4.78, 5) is 18.6. The van der Waals surface area contributed by atoms with E-state index in [1.54, 1.807) is 0 Å². The van der Waals surface area contributed by atoms with E-state index in [2.05, 4.69) is 35.3 Å². The number of hydrogen-bond donors (Lipinski definition) is 1. The number of rotatable bonds is 2. The highest BCUT2D eigenvalue weighted by Gasteiger charge is 2.28. The van der Waals surface area contributed by atoms with E-state index < -0.39 is 0 Å². The van der Waals surface area contributed by atoms with Crippen molar-refractivity contribution in [2.24, 2.45) is 0 Å². The Kier molecular flexibility index (Phi) is 3.39. The van der Waals surface area contributed by atoms with Crippen LogP contribution in [0.25, 0.3) is 22.2 Å². The fourth-order valence-electron chi connectivity index (χ4n) is 3.85. The molecule has 1 amide bonds. The van der Waals surface area contributed by atoms with Crippen molar-refractivity contribution in [3.8, 4) is 11.3 Å². The van der Waals surface area contributed by atoms with Gasteiger partial charge in [0, 0.05) is 16.5 Å². The lowest BCUT2D eigenvalue weighted by molar-refractivity contribution is -0.118. The third-order valence-corrected chi connectivity index (χ3v) is 5.09. The van der Waals surface area contributed by atoms with E-state index in [-0.39, 0.29) is 5.91 Å². The van der Waals surface area contributed by atoms with E-state index in [4.69, 9.17) is 0 Å². The van der Waals surface area contributed by atoms with E-state index in [1.807, 2.05) is 53.4 Å². The number of nitrogens with one attached hydrogen (secondary N) is 1. The van der Waals surface area contributed by atoms with Crippen LogP contribution in [0.2, 0.25) is 0 Å². The molecule has 1 aliphatic heterocycles. The number of aromatic nitrogens is 1. The molecule has 1 N–H and O–H groups in total. The standard InChI is InChI=1S/C23H18N2O/c26-22-14-19-17-10-4-6-12-20(17)24-23(19)18-11-5-7-13-21(18)25(22)15-16-8-2-1-3-9-16/h1-13,24H,14-15H2. The smallest absolute Gasteiger partial charge is 0.231 e. The Morgan fingerprint density at radius 3 is 2.46 bits per heavy atom. The van der Waals surface area contributed by atoms with Crippen molar-refractivity contribution < 1.29 is 4.79 Å². The fraction of sp³-hybridized carbons (Fsp3) is 0.0870.